The van der Waals surface area contributed by atoms with Crippen molar-refractivity contribution in [1.29, 1.82) is 0 Å². The zero-order chi connectivity index (χ0) is 22.9. The fraction of sp³-hybridized carbons (Fsp3) is 0.423. The highest BCUT2D eigenvalue weighted by molar-refractivity contribution is 5.79. The van der Waals surface area contributed by atoms with Crippen LogP contribution in [0.5, 0.6) is 5.75 Å². The number of benzene rings is 2. The van der Waals surface area contributed by atoms with Gasteiger partial charge in [-0.25, -0.2) is 0 Å². The zero-order valence-corrected chi connectivity index (χ0v) is 19.7. The molecule has 2 N–H and O–H groups in total. The van der Waals surface area contributed by atoms with E-state index in [-0.39, 0.29) is 6.04 Å². The summed E-state index contributed by atoms with van der Waals surface area (Å²) in [5.41, 5.74) is 3.75. The molecule has 2 aliphatic heterocycles. The summed E-state index contributed by atoms with van der Waals surface area (Å²) in [4.78, 5) is 9.28. The van der Waals surface area contributed by atoms with E-state index in [1.807, 2.05) is 19.2 Å². The molecule has 2 aromatic carbocycles. The largest absolute Gasteiger partial charge is 0.497 e. The molecule has 2 aromatic rings. The second-order valence-electron chi connectivity index (χ2n) is 8.29. The maximum Gasteiger partial charge on any atom is 0.191 e. The van der Waals surface area contributed by atoms with Gasteiger partial charge in [-0.05, 0) is 35.4 Å². The predicted molar refractivity (Wildman–Crippen MR) is 134 cm³/mol. The molecule has 33 heavy (non-hydrogen) atoms. The SMILES string of the molecule is CN=C(NCc1cccc(N2CC=CC2)c1)NCC(c1ccc(OC)cc1)N1CCOCC1. The normalized spacial score (nSPS) is 17.8. The van der Waals surface area contributed by atoms with Crippen LogP contribution in [0.25, 0.3) is 0 Å². The Morgan fingerprint density at radius 1 is 1.06 bits per heavy atom. The minimum absolute atomic E-state index is 0.226. The molecule has 0 saturated carbocycles. The smallest absolute Gasteiger partial charge is 0.191 e. The quantitative estimate of drug-likeness (QED) is 0.367. The van der Waals surface area contributed by atoms with E-state index in [4.69, 9.17) is 9.47 Å². The first-order valence-electron chi connectivity index (χ1n) is 11.7. The Morgan fingerprint density at radius 3 is 2.52 bits per heavy atom. The van der Waals surface area contributed by atoms with Gasteiger partial charge in [0, 0.05) is 52.0 Å². The standard InChI is InChI=1S/C26H35N5O2/c1-27-26(28-19-21-6-5-7-23(18-21)30-12-3-4-13-30)29-20-25(31-14-16-33-17-15-31)22-8-10-24(32-2)11-9-22/h3-11,18,25H,12-17,19-20H2,1-2H3,(H2,27,28,29). The molecule has 0 aliphatic carbocycles. The maximum absolute atomic E-state index is 5.58. The molecule has 0 aromatic heterocycles. The molecule has 7 heteroatoms. The molecule has 4 rings (SSSR count). The van der Waals surface area contributed by atoms with E-state index in [1.165, 1.54) is 16.8 Å². The van der Waals surface area contributed by atoms with Crippen LogP contribution in [0.15, 0.2) is 65.7 Å². The lowest BCUT2D eigenvalue weighted by Gasteiger charge is -2.35. The van der Waals surface area contributed by atoms with Crippen LogP contribution in [0.1, 0.15) is 17.2 Å². The van der Waals surface area contributed by atoms with Gasteiger partial charge in [-0.15, -0.1) is 0 Å². The number of morpholine rings is 1. The lowest BCUT2D eigenvalue weighted by Crippen LogP contribution is -2.46. The van der Waals surface area contributed by atoms with Crippen LogP contribution in [0, 0.1) is 0 Å². The van der Waals surface area contributed by atoms with E-state index in [0.29, 0.717) is 0 Å². The highest BCUT2D eigenvalue weighted by Crippen LogP contribution is 2.24. The summed E-state index contributed by atoms with van der Waals surface area (Å²) in [6.45, 7) is 6.81. The molecular formula is C26H35N5O2. The monoisotopic (exact) mass is 449 g/mol. The Balaban J connectivity index is 1.37. The van der Waals surface area contributed by atoms with Gasteiger partial charge in [0.05, 0.1) is 26.4 Å². The number of ether oxygens (including phenoxy) is 2. The Bertz CT molecular complexity index is 930. The lowest BCUT2D eigenvalue weighted by atomic mass is 10.0. The fourth-order valence-corrected chi connectivity index (χ4v) is 4.32. The number of guanidine groups is 1. The van der Waals surface area contributed by atoms with E-state index in [2.05, 4.69) is 74.0 Å². The van der Waals surface area contributed by atoms with Gasteiger partial charge in [0.2, 0.25) is 0 Å². The first kappa shape index (κ1) is 23.1. The average molecular weight is 450 g/mol. The van der Waals surface area contributed by atoms with Gasteiger partial charge in [0.1, 0.15) is 5.75 Å². The van der Waals surface area contributed by atoms with Crippen LogP contribution in [0.2, 0.25) is 0 Å². The minimum Gasteiger partial charge on any atom is -0.497 e. The number of aliphatic imine (C=N–C) groups is 1. The van der Waals surface area contributed by atoms with Crippen molar-refractivity contribution in [1.82, 2.24) is 15.5 Å². The van der Waals surface area contributed by atoms with Crippen LogP contribution >= 0.6 is 0 Å². The van der Waals surface area contributed by atoms with Crippen molar-refractivity contribution in [2.75, 3.05) is 65.0 Å². The Hall–Kier alpha value is -3.03. The number of nitrogens with one attached hydrogen (secondary N) is 2. The third kappa shape index (κ3) is 6.27. The fourth-order valence-electron chi connectivity index (χ4n) is 4.32. The molecular weight excluding hydrogens is 414 g/mol. The highest BCUT2D eigenvalue weighted by Gasteiger charge is 2.23. The van der Waals surface area contributed by atoms with Crippen LogP contribution in [0.4, 0.5) is 5.69 Å². The van der Waals surface area contributed by atoms with Crippen molar-refractivity contribution in [3.8, 4) is 5.75 Å². The molecule has 1 atom stereocenters. The second-order valence-corrected chi connectivity index (χ2v) is 8.29. The topological polar surface area (TPSA) is 61.4 Å². The maximum atomic E-state index is 5.58. The summed E-state index contributed by atoms with van der Waals surface area (Å²) < 4.78 is 10.9. The van der Waals surface area contributed by atoms with Crippen molar-refractivity contribution in [2.45, 2.75) is 12.6 Å². The van der Waals surface area contributed by atoms with E-state index in [0.717, 1.165) is 64.2 Å². The first-order valence-corrected chi connectivity index (χ1v) is 11.7. The molecule has 7 nitrogen and oxygen atoms in total. The molecule has 0 bridgehead atoms. The molecule has 1 saturated heterocycles. The Kier molecular flexibility index (Phi) is 8.22. The molecule has 1 unspecified atom stereocenters. The van der Waals surface area contributed by atoms with Gasteiger partial charge in [-0.3, -0.25) is 9.89 Å². The minimum atomic E-state index is 0.226. The third-order valence-corrected chi connectivity index (χ3v) is 6.23. The van der Waals surface area contributed by atoms with E-state index in [1.54, 1.807) is 7.11 Å². The van der Waals surface area contributed by atoms with Gasteiger partial charge < -0.3 is 25.0 Å². The van der Waals surface area contributed by atoms with Crippen LogP contribution in [-0.2, 0) is 11.3 Å². The summed E-state index contributed by atoms with van der Waals surface area (Å²) in [5, 5.41) is 7.01. The van der Waals surface area contributed by atoms with Crippen molar-refractivity contribution in [2.24, 2.45) is 4.99 Å². The summed E-state index contributed by atoms with van der Waals surface area (Å²) in [5.74, 6) is 1.67. The molecule has 1 fully saturated rings. The van der Waals surface area contributed by atoms with Crippen molar-refractivity contribution < 1.29 is 9.47 Å². The van der Waals surface area contributed by atoms with E-state index in [9.17, 15) is 0 Å². The number of hydrogen-bond acceptors (Lipinski definition) is 5. The first-order chi connectivity index (χ1) is 16.3. The van der Waals surface area contributed by atoms with Gasteiger partial charge in [0.15, 0.2) is 5.96 Å². The van der Waals surface area contributed by atoms with Crippen molar-refractivity contribution in [3.63, 3.8) is 0 Å². The van der Waals surface area contributed by atoms with Crippen molar-refractivity contribution >= 4 is 11.6 Å². The van der Waals surface area contributed by atoms with Crippen LogP contribution in [-0.4, -0.2) is 71.0 Å². The second kappa shape index (κ2) is 11.7. The third-order valence-electron chi connectivity index (χ3n) is 6.23. The Labute approximate surface area is 197 Å². The van der Waals surface area contributed by atoms with Gasteiger partial charge in [-0.1, -0.05) is 36.4 Å². The van der Waals surface area contributed by atoms with Gasteiger partial charge >= 0.3 is 0 Å². The number of rotatable bonds is 8. The molecule has 0 radical (unpaired) electrons. The number of nitrogens with zero attached hydrogens (tertiary/aromatic N) is 3. The predicted octanol–water partition coefficient (Wildman–Crippen LogP) is 2.81. The molecule has 176 valence electrons. The van der Waals surface area contributed by atoms with E-state index < -0.39 is 0 Å². The number of methoxy groups -OCH3 is 1. The zero-order valence-electron chi connectivity index (χ0n) is 19.7. The van der Waals surface area contributed by atoms with Crippen molar-refractivity contribution in [3.05, 3.63) is 71.8 Å². The highest BCUT2D eigenvalue weighted by atomic mass is 16.5. The lowest BCUT2D eigenvalue weighted by molar-refractivity contribution is 0.0170. The molecule has 0 spiro atoms. The summed E-state index contributed by atoms with van der Waals surface area (Å²) in [6.07, 6.45) is 4.43. The molecule has 0 amide bonds. The van der Waals surface area contributed by atoms with Crippen LogP contribution in [0.3, 0.4) is 0 Å². The summed E-state index contributed by atoms with van der Waals surface area (Å²) >= 11 is 0. The number of hydrogen-bond donors (Lipinski definition) is 2. The average Bonchev–Trinajstić information content (AvgIpc) is 3.42. The van der Waals surface area contributed by atoms with Crippen LogP contribution < -0.4 is 20.3 Å². The number of anilines is 1. The van der Waals surface area contributed by atoms with Gasteiger partial charge in [-0.2, -0.15) is 0 Å². The van der Waals surface area contributed by atoms with Gasteiger partial charge in [0.25, 0.3) is 0 Å². The molecule has 2 aliphatic rings. The Morgan fingerprint density at radius 2 is 1.82 bits per heavy atom. The molecule has 2 heterocycles. The summed E-state index contributed by atoms with van der Waals surface area (Å²) in [6, 6.07) is 17.3. The summed E-state index contributed by atoms with van der Waals surface area (Å²) in [7, 11) is 3.52. The van der Waals surface area contributed by atoms with E-state index >= 15 is 0 Å².